The molecule has 0 radical (unpaired) electrons. The molecule has 6 heteroatoms. The van der Waals surface area contributed by atoms with Crippen molar-refractivity contribution < 1.29 is 19.2 Å². The van der Waals surface area contributed by atoms with Crippen LogP contribution in [0.15, 0.2) is 140 Å². The van der Waals surface area contributed by atoms with Crippen LogP contribution in [0.2, 0.25) is 0 Å². The van der Waals surface area contributed by atoms with Crippen molar-refractivity contribution in [1.29, 1.82) is 0 Å². The van der Waals surface area contributed by atoms with Crippen molar-refractivity contribution in [1.82, 2.24) is 9.13 Å². The molecular formula is C49H50N3O3+. The quantitative estimate of drug-likeness (QED) is 0.101. The number of para-hydroxylation sites is 2. The number of carbonyl (C=O) groups is 1. The summed E-state index contributed by atoms with van der Waals surface area (Å²) >= 11 is 0. The molecule has 0 aliphatic rings. The molecule has 6 nitrogen and oxygen atoms in total. The predicted octanol–water partition coefficient (Wildman–Crippen LogP) is 10.8. The van der Waals surface area contributed by atoms with Crippen molar-refractivity contribution in [2.45, 2.75) is 71.9 Å². The van der Waals surface area contributed by atoms with Crippen molar-refractivity contribution in [3.05, 3.63) is 151 Å². The van der Waals surface area contributed by atoms with Gasteiger partial charge in [-0.3, -0.25) is 4.79 Å². The zero-order valence-electron chi connectivity index (χ0n) is 32.5. The molecule has 0 spiro atoms. The van der Waals surface area contributed by atoms with Gasteiger partial charge < -0.3 is 19.0 Å². The van der Waals surface area contributed by atoms with Gasteiger partial charge in [0.15, 0.2) is 12.4 Å². The number of aliphatic hydroxyl groups is 1. The summed E-state index contributed by atoms with van der Waals surface area (Å²) in [6.45, 7) is 10.5. The minimum atomic E-state index is -1.04. The van der Waals surface area contributed by atoms with E-state index in [9.17, 15) is 9.90 Å². The van der Waals surface area contributed by atoms with E-state index >= 15 is 0 Å². The first-order valence-corrected chi connectivity index (χ1v) is 19.7. The van der Waals surface area contributed by atoms with Crippen molar-refractivity contribution in [3.8, 4) is 11.4 Å². The molecule has 0 fully saturated rings. The number of aromatic nitrogens is 3. The van der Waals surface area contributed by atoms with Gasteiger partial charge >= 0.3 is 5.97 Å². The minimum Gasteiger partial charge on any atom is -0.462 e. The number of ether oxygens (including phenoxy) is 1. The van der Waals surface area contributed by atoms with E-state index in [1.54, 1.807) is 6.92 Å². The van der Waals surface area contributed by atoms with E-state index in [-0.39, 0.29) is 18.5 Å². The Kier molecular flexibility index (Phi) is 9.56. The standard InChI is InChI=1S/C49H50N3O3/c1-6-41(49(5,8-3)47(53)55-33-48(4,54)7-2)35-23-21-34(22-24-35)32-51-42-27-25-37(50-29-15-10-16-30-50)31-40(42)38-26-28-44-45(46(38)51)39-19-13-14-20-43(39)52(44)36-17-11-9-12-18-36/h9-31,41,54H,6-8,32-33H2,1-5H3/q+1. The molecule has 0 aliphatic heterocycles. The average molecular weight is 729 g/mol. The van der Waals surface area contributed by atoms with E-state index in [4.69, 9.17) is 4.74 Å². The van der Waals surface area contributed by atoms with Crippen molar-refractivity contribution in [2.75, 3.05) is 6.61 Å². The second-order valence-electron chi connectivity index (χ2n) is 15.5. The lowest BCUT2D eigenvalue weighted by Crippen LogP contribution is -2.39. The Hall–Kier alpha value is -5.72. The highest BCUT2D eigenvalue weighted by molar-refractivity contribution is 6.25. The van der Waals surface area contributed by atoms with Gasteiger partial charge in [-0.15, -0.1) is 0 Å². The first kappa shape index (κ1) is 36.3. The lowest BCUT2D eigenvalue weighted by molar-refractivity contribution is -0.595. The first-order chi connectivity index (χ1) is 26.7. The van der Waals surface area contributed by atoms with Gasteiger partial charge in [0.25, 0.3) is 0 Å². The van der Waals surface area contributed by atoms with Crippen LogP contribution in [-0.2, 0) is 16.1 Å². The van der Waals surface area contributed by atoms with E-state index in [1.165, 1.54) is 49.2 Å². The zero-order chi connectivity index (χ0) is 38.3. The van der Waals surface area contributed by atoms with Crippen LogP contribution in [0.3, 0.4) is 0 Å². The fraction of sp³-hybridized carbons (Fsp3) is 0.265. The Balaban J connectivity index is 1.26. The number of nitrogens with zero attached hydrogens (tertiary/aromatic N) is 3. The number of fused-ring (bicyclic) bond motifs is 7. The largest absolute Gasteiger partial charge is 0.462 e. The van der Waals surface area contributed by atoms with E-state index in [0.717, 1.165) is 23.4 Å². The molecule has 1 N–H and O–H groups in total. The van der Waals surface area contributed by atoms with Crippen LogP contribution < -0.4 is 4.57 Å². The fourth-order valence-corrected chi connectivity index (χ4v) is 8.50. The highest BCUT2D eigenvalue weighted by Gasteiger charge is 2.42. The Morgan fingerprint density at radius 2 is 1.42 bits per heavy atom. The van der Waals surface area contributed by atoms with Crippen LogP contribution >= 0.6 is 0 Å². The van der Waals surface area contributed by atoms with Gasteiger partial charge in [0, 0.05) is 63.6 Å². The molecule has 278 valence electrons. The third-order valence-corrected chi connectivity index (χ3v) is 12.0. The molecule has 3 heterocycles. The number of benzene rings is 5. The molecule has 0 aliphatic carbocycles. The molecular weight excluding hydrogens is 679 g/mol. The van der Waals surface area contributed by atoms with E-state index in [1.807, 2.05) is 19.9 Å². The summed E-state index contributed by atoms with van der Waals surface area (Å²) in [5.74, 6) is -0.284. The van der Waals surface area contributed by atoms with Gasteiger partial charge in [0.2, 0.25) is 5.69 Å². The third kappa shape index (κ3) is 6.38. The molecule has 3 unspecified atom stereocenters. The number of pyridine rings is 1. The number of rotatable bonds is 12. The normalized spacial score (nSPS) is 14.7. The number of carbonyl (C=O) groups excluding carboxylic acids is 1. The molecule has 3 atom stereocenters. The van der Waals surface area contributed by atoms with Crippen LogP contribution in [0.4, 0.5) is 0 Å². The summed E-state index contributed by atoms with van der Waals surface area (Å²) < 4.78 is 12.8. The summed E-state index contributed by atoms with van der Waals surface area (Å²) in [6.07, 6.45) is 6.13. The molecule has 3 aromatic heterocycles. The maximum atomic E-state index is 13.6. The molecule has 55 heavy (non-hydrogen) atoms. The predicted molar refractivity (Wildman–Crippen MR) is 224 cm³/mol. The highest BCUT2D eigenvalue weighted by Crippen LogP contribution is 2.44. The van der Waals surface area contributed by atoms with Crippen LogP contribution in [0.5, 0.6) is 0 Å². The number of esters is 1. The topological polar surface area (TPSA) is 60.3 Å². The Morgan fingerprint density at radius 1 is 0.727 bits per heavy atom. The summed E-state index contributed by atoms with van der Waals surface area (Å²) in [4.78, 5) is 13.6. The molecule has 0 saturated carbocycles. The molecule has 5 aromatic carbocycles. The Morgan fingerprint density at radius 3 is 2.13 bits per heavy atom. The lowest BCUT2D eigenvalue weighted by Gasteiger charge is -2.35. The van der Waals surface area contributed by atoms with Crippen LogP contribution in [-0.4, -0.2) is 32.4 Å². The van der Waals surface area contributed by atoms with Gasteiger partial charge in [-0.1, -0.05) is 93.6 Å². The van der Waals surface area contributed by atoms with Gasteiger partial charge in [-0.2, -0.15) is 4.57 Å². The zero-order valence-corrected chi connectivity index (χ0v) is 32.5. The van der Waals surface area contributed by atoms with Crippen molar-refractivity contribution >= 4 is 49.6 Å². The SMILES string of the molecule is CCC(c1ccc(Cn2c3ccc(-[n+]4ccccc4)cc3c3ccc4c(c5ccccc5n4-c4ccccc4)c32)cc1)C(C)(CC)C(=O)OCC(C)(O)CC. The van der Waals surface area contributed by atoms with Crippen LogP contribution in [0, 0.1) is 5.41 Å². The van der Waals surface area contributed by atoms with Crippen molar-refractivity contribution in [3.63, 3.8) is 0 Å². The van der Waals surface area contributed by atoms with Crippen LogP contribution in [0.25, 0.3) is 55.0 Å². The summed E-state index contributed by atoms with van der Waals surface area (Å²) in [5, 5.41) is 15.4. The van der Waals surface area contributed by atoms with E-state index < -0.39 is 11.0 Å². The van der Waals surface area contributed by atoms with Gasteiger partial charge in [-0.25, -0.2) is 0 Å². The Labute approximate surface area is 323 Å². The molecule has 0 bridgehead atoms. The van der Waals surface area contributed by atoms with Crippen LogP contribution in [0.1, 0.15) is 70.9 Å². The molecule has 8 rings (SSSR count). The number of hydrogen-bond donors (Lipinski definition) is 1. The Bertz CT molecular complexity index is 2640. The second-order valence-corrected chi connectivity index (χ2v) is 15.5. The third-order valence-electron chi connectivity index (χ3n) is 12.0. The second kappa shape index (κ2) is 14.5. The molecule has 0 saturated heterocycles. The summed E-state index contributed by atoms with van der Waals surface area (Å²) in [5.41, 5.74) is 7.55. The van der Waals surface area contributed by atoms with Crippen molar-refractivity contribution in [2.24, 2.45) is 5.41 Å². The minimum absolute atomic E-state index is 0.00507. The van der Waals surface area contributed by atoms with Gasteiger partial charge in [0.1, 0.15) is 6.61 Å². The maximum absolute atomic E-state index is 13.6. The smallest absolute Gasteiger partial charge is 0.312 e. The summed E-state index contributed by atoms with van der Waals surface area (Å²) in [7, 11) is 0. The van der Waals surface area contributed by atoms with Gasteiger partial charge in [-0.05, 0) is 80.5 Å². The number of hydrogen-bond acceptors (Lipinski definition) is 3. The average Bonchev–Trinajstić information content (AvgIpc) is 3.73. The highest BCUT2D eigenvalue weighted by atomic mass is 16.5. The maximum Gasteiger partial charge on any atom is 0.312 e. The van der Waals surface area contributed by atoms with E-state index in [2.05, 4.69) is 161 Å². The van der Waals surface area contributed by atoms with Gasteiger partial charge in [0.05, 0.1) is 27.6 Å². The summed E-state index contributed by atoms with van der Waals surface area (Å²) in [6, 6.07) is 45.7. The molecule has 0 amide bonds. The fourth-order valence-electron chi connectivity index (χ4n) is 8.50. The first-order valence-electron chi connectivity index (χ1n) is 19.7. The van der Waals surface area contributed by atoms with E-state index in [0.29, 0.717) is 19.4 Å². The monoisotopic (exact) mass is 728 g/mol. The molecule has 8 aromatic rings. The lowest BCUT2D eigenvalue weighted by atomic mass is 9.70.